The number of aliphatic hydroxyl groups is 1. The Morgan fingerprint density at radius 3 is 2.95 bits per heavy atom. The van der Waals surface area contributed by atoms with E-state index in [0.29, 0.717) is 13.1 Å². The molecule has 0 radical (unpaired) electrons. The van der Waals surface area contributed by atoms with Gasteiger partial charge in [-0.25, -0.2) is 0 Å². The normalized spacial score (nSPS) is 14.6. The maximum Gasteiger partial charge on any atom is 0.239 e. The van der Waals surface area contributed by atoms with Crippen molar-refractivity contribution in [2.75, 3.05) is 31.1 Å². The number of aliphatic hydroxyl groups excluding tert-OH is 1. The van der Waals surface area contributed by atoms with E-state index in [1.807, 2.05) is 6.07 Å². The van der Waals surface area contributed by atoms with E-state index in [-0.39, 0.29) is 12.5 Å². The third kappa shape index (κ3) is 4.23. The van der Waals surface area contributed by atoms with Crippen molar-refractivity contribution in [3.8, 4) is 0 Å². The summed E-state index contributed by atoms with van der Waals surface area (Å²) in [5.41, 5.74) is 2.55. The SMILES string of the molecule is O=C(CN1CCCCc2ccccc21)NCCCCO. The number of fused-ring (bicyclic) bond motifs is 1. The number of aryl methyl sites for hydroxylation is 1. The van der Waals surface area contributed by atoms with Gasteiger partial charge in [0.25, 0.3) is 0 Å². The van der Waals surface area contributed by atoms with Gasteiger partial charge in [-0.2, -0.15) is 0 Å². The quantitative estimate of drug-likeness (QED) is 0.778. The average molecular weight is 276 g/mol. The molecule has 0 bridgehead atoms. The van der Waals surface area contributed by atoms with Crippen molar-refractivity contribution in [1.82, 2.24) is 5.32 Å². The van der Waals surface area contributed by atoms with Gasteiger partial charge < -0.3 is 15.3 Å². The Morgan fingerprint density at radius 1 is 1.25 bits per heavy atom. The summed E-state index contributed by atoms with van der Waals surface area (Å²) < 4.78 is 0. The van der Waals surface area contributed by atoms with E-state index in [4.69, 9.17) is 5.11 Å². The van der Waals surface area contributed by atoms with Crippen LogP contribution in [0, 0.1) is 0 Å². The van der Waals surface area contributed by atoms with Crippen molar-refractivity contribution in [1.29, 1.82) is 0 Å². The first-order chi connectivity index (χ1) is 9.81. The Hall–Kier alpha value is -1.55. The predicted octanol–water partition coefficient (Wildman–Crippen LogP) is 1.72. The minimum atomic E-state index is 0.0691. The number of carbonyl (C=O) groups excluding carboxylic acids is 1. The molecule has 4 heteroatoms. The van der Waals surface area contributed by atoms with Crippen LogP contribution in [0.15, 0.2) is 24.3 Å². The van der Waals surface area contributed by atoms with E-state index in [1.54, 1.807) is 0 Å². The van der Waals surface area contributed by atoms with Crippen molar-refractivity contribution in [3.63, 3.8) is 0 Å². The number of amides is 1. The molecule has 0 aliphatic carbocycles. The number of carbonyl (C=O) groups is 1. The maximum atomic E-state index is 12.0. The largest absolute Gasteiger partial charge is 0.396 e. The second-order valence-corrected chi connectivity index (χ2v) is 5.29. The van der Waals surface area contributed by atoms with Crippen LogP contribution in [-0.2, 0) is 11.2 Å². The smallest absolute Gasteiger partial charge is 0.239 e. The lowest BCUT2D eigenvalue weighted by molar-refractivity contribution is -0.119. The van der Waals surface area contributed by atoms with Crippen molar-refractivity contribution in [2.24, 2.45) is 0 Å². The second-order valence-electron chi connectivity index (χ2n) is 5.29. The number of anilines is 1. The van der Waals surface area contributed by atoms with Gasteiger partial charge in [-0.05, 0) is 43.7 Å². The van der Waals surface area contributed by atoms with Gasteiger partial charge in [-0.1, -0.05) is 18.2 Å². The van der Waals surface area contributed by atoms with Crippen LogP contribution >= 0.6 is 0 Å². The van der Waals surface area contributed by atoms with Crippen molar-refractivity contribution in [3.05, 3.63) is 29.8 Å². The molecule has 4 nitrogen and oxygen atoms in total. The molecule has 2 N–H and O–H groups in total. The fraction of sp³-hybridized carbons (Fsp3) is 0.562. The standard InChI is InChI=1S/C16H24N2O2/c19-12-6-4-10-17-16(20)13-18-11-5-3-8-14-7-1-2-9-15(14)18/h1-2,7,9,19H,3-6,8,10-13H2,(H,17,20). The minimum absolute atomic E-state index is 0.0691. The Morgan fingerprint density at radius 2 is 2.10 bits per heavy atom. The zero-order valence-corrected chi connectivity index (χ0v) is 12.0. The Balaban J connectivity index is 1.90. The topological polar surface area (TPSA) is 52.6 Å². The van der Waals surface area contributed by atoms with Crippen LogP contribution in [0.4, 0.5) is 5.69 Å². The molecule has 1 amide bonds. The molecule has 1 aromatic rings. The molecule has 0 spiro atoms. The van der Waals surface area contributed by atoms with Crippen molar-refractivity contribution in [2.45, 2.75) is 32.1 Å². The highest BCUT2D eigenvalue weighted by Gasteiger charge is 2.16. The van der Waals surface area contributed by atoms with Crippen LogP contribution in [0.5, 0.6) is 0 Å². The van der Waals surface area contributed by atoms with Crippen molar-refractivity contribution < 1.29 is 9.90 Å². The predicted molar refractivity (Wildman–Crippen MR) is 80.9 cm³/mol. The lowest BCUT2D eigenvalue weighted by Crippen LogP contribution is -2.38. The van der Waals surface area contributed by atoms with E-state index in [9.17, 15) is 4.79 Å². The van der Waals surface area contributed by atoms with E-state index in [0.717, 1.165) is 32.2 Å². The molecule has 0 aromatic heterocycles. The van der Waals surface area contributed by atoms with Gasteiger partial charge in [-0.3, -0.25) is 4.79 Å². The number of hydrogen-bond donors (Lipinski definition) is 2. The van der Waals surface area contributed by atoms with Gasteiger partial charge in [0, 0.05) is 25.4 Å². The summed E-state index contributed by atoms with van der Waals surface area (Å²) in [6.45, 7) is 2.21. The summed E-state index contributed by atoms with van der Waals surface area (Å²) in [6.07, 6.45) is 4.99. The number of rotatable bonds is 6. The van der Waals surface area contributed by atoms with Gasteiger partial charge in [-0.15, -0.1) is 0 Å². The minimum Gasteiger partial charge on any atom is -0.396 e. The molecule has 0 fully saturated rings. The number of nitrogens with one attached hydrogen (secondary N) is 1. The lowest BCUT2D eigenvalue weighted by atomic mass is 10.1. The molecule has 0 saturated heterocycles. The van der Waals surface area contributed by atoms with Gasteiger partial charge in [0.05, 0.1) is 6.54 Å². The second kappa shape index (κ2) is 7.90. The van der Waals surface area contributed by atoms with Crippen LogP contribution in [0.3, 0.4) is 0 Å². The van der Waals surface area contributed by atoms with Crippen LogP contribution in [0.25, 0.3) is 0 Å². The van der Waals surface area contributed by atoms with Crippen LogP contribution in [0.2, 0.25) is 0 Å². The molecule has 1 aromatic carbocycles. The number of nitrogens with zero attached hydrogens (tertiary/aromatic N) is 1. The zero-order chi connectivity index (χ0) is 14.2. The fourth-order valence-electron chi connectivity index (χ4n) is 2.63. The van der Waals surface area contributed by atoms with E-state index in [1.165, 1.54) is 17.7 Å². The van der Waals surface area contributed by atoms with Crippen LogP contribution < -0.4 is 10.2 Å². The molecular weight excluding hydrogens is 252 g/mol. The highest BCUT2D eigenvalue weighted by Crippen LogP contribution is 2.25. The van der Waals surface area contributed by atoms with Gasteiger partial charge in [0.2, 0.25) is 5.91 Å². The Bertz CT molecular complexity index is 434. The molecule has 2 rings (SSSR count). The lowest BCUT2D eigenvalue weighted by Gasteiger charge is -2.24. The molecule has 1 aliphatic rings. The molecule has 20 heavy (non-hydrogen) atoms. The molecule has 0 atom stereocenters. The molecule has 1 heterocycles. The number of unbranched alkanes of at least 4 members (excludes halogenated alkanes) is 1. The fourth-order valence-corrected chi connectivity index (χ4v) is 2.63. The first kappa shape index (κ1) is 14.9. The summed E-state index contributed by atoms with van der Waals surface area (Å²) in [5, 5.41) is 11.6. The summed E-state index contributed by atoms with van der Waals surface area (Å²) in [5.74, 6) is 0.0691. The number of hydrogen-bond acceptors (Lipinski definition) is 3. The van der Waals surface area contributed by atoms with E-state index >= 15 is 0 Å². The van der Waals surface area contributed by atoms with Gasteiger partial charge in [0.1, 0.15) is 0 Å². The summed E-state index contributed by atoms with van der Waals surface area (Å²) in [7, 11) is 0. The average Bonchev–Trinajstić information content (AvgIpc) is 2.67. The highest BCUT2D eigenvalue weighted by atomic mass is 16.2. The number of benzene rings is 1. The summed E-state index contributed by atoms with van der Waals surface area (Å²) in [4.78, 5) is 14.2. The molecular formula is C16H24N2O2. The van der Waals surface area contributed by atoms with E-state index in [2.05, 4.69) is 28.4 Å². The van der Waals surface area contributed by atoms with Crippen LogP contribution in [0.1, 0.15) is 31.2 Å². The van der Waals surface area contributed by atoms with Crippen molar-refractivity contribution >= 4 is 11.6 Å². The third-order valence-electron chi connectivity index (χ3n) is 3.70. The highest BCUT2D eigenvalue weighted by molar-refractivity contribution is 5.81. The Kier molecular flexibility index (Phi) is 5.87. The monoisotopic (exact) mass is 276 g/mol. The van der Waals surface area contributed by atoms with Gasteiger partial charge >= 0.3 is 0 Å². The molecule has 110 valence electrons. The van der Waals surface area contributed by atoms with Gasteiger partial charge in [0.15, 0.2) is 0 Å². The zero-order valence-electron chi connectivity index (χ0n) is 12.0. The molecule has 0 saturated carbocycles. The Labute approximate surface area is 120 Å². The summed E-state index contributed by atoms with van der Waals surface area (Å²) >= 11 is 0. The first-order valence-corrected chi connectivity index (χ1v) is 7.51. The van der Waals surface area contributed by atoms with E-state index < -0.39 is 0 Å². The summed E-state index contributed by atoms with van der Waals surface area (Å²) in [6, 6.07) is 8.38. The van der Waals surface area contributed by atoms with Crippen LogP contribution in [-0.4, -0.2) is 37.3 Å². The third-order valence-corrected chi connectivity index (χ3v) is 3.70. The molecule has 1 aliphatic heterocycles. The number of para-hydroxylation sites is 1. The maximum absolute atomic E-state index is 12.0. The molecule has 0 unspecified atom stereocenters. The first-order valence-electron chi connectivity index (χ1n) is 7.51.